The van der Waals surface area contributed by atoms with Gasteiger partial charge in [-0.15, -0.1) is 0 Å². The van der Waals surface area contributed by atoms with Crippen molar-refractivity contribution in [2.75, 3.05) is 26.4 Å². The maximum Gasteiger partial charge on any atom is 0.187 e. The molecule has 4 heterocycles. The maximum atomic E-state index is 12.9. The quantitative estimate of drug-likeness (QED) is 0.0576. The summed E-state index contributed by atoms with van der Waals surface area (Å²) in [5.74, 6) is -0.575. The summed E-state index contributed by atoms with van der Waals surface area (Å²) >= 11 is 0. The first-order valence-corrected chi connectivity index (χ1v) is 27.9. The molecule has 4 saturated heterocycles. The maximum absolute atomic E-state index is 12.9. The Hall–Kier alpha value is -1.18. The molecule has 0 aromatic heterocycles. The molecule has 4 saturated carbocycles. The molecule has 23 heteroatoms. The lowest BCUT2D eigenvalue weighted by Crippen LogP contribution is -2.68. The molecule has 0 radical (unpaired) electrons. The van der Waals surface area contributed by atoms with E-state index in [1.807, 2.05) is 20.8 Å². The van der Waals surface area contributed by atoms with E-state index in [2.05, 4.69) is 40.7 Å². The van der Waals surface area contributed by atoms with Gasteiger partial charge >= 0.3 is 0 Å². The number of allylic oxidation sites excluding steroid dienone is 2. The summed E-state index contributed by atoms with van der Waals surface area (Å²) in [6.45, 7) is 14.3. The third kappa shape index (κ3) is 10.8. The van der Waals surface area contributed by atoms with Gasteiger partial charge in [-0.1, -0.05) is 46.3 Å². The SMILES string of the molecule is CC(C)=CCCC(C)(O[C@@H]1O[C@H](CO)[C@@H](O)[C@@H](O)[C@H]1O[C@@H]1O[C@H](CO)[C@@H](O)[C@@H](O)[C@H]1O)C1CCC2(C)C1C(O)CC1C3(C)CCC(O[C@@H]4O[C@H](CO)[C@@H](O)[C@@H](O)[C@H]4O[C@@H]4O[C@H](CO)[C@@H](O)[C@@H](O)[C@H]4O)C(C)(C)C3CCC12C. The molecule has 30 atom stereocenters. The summed E-state index contributed by atoms with van der Waals surface area (Å²) in [6, 6.07) is 0. The predicted octanol–water partition coefficient (Wildman–Crippen LogP) is -2.20. The molecule has 4 aliphatic heterocycles. The van der Waals surface area contributed by atoms with Crippen LogP contribution in [0.15, 0.2) is 11.6 Å². The second kappa shape index (κ2) is 23.5. The summed E-state index contributed by atoms with van der Waals surface area (Å²) in [7, 11) is 0. The monoisotopic (exact) mass is 1110 g/mol. The van der Waals surface area contributed by atoms with Crippen LogP contribution >= 0.6 is 0 Å². The van der Waals surface area contributed by atoms with Crippen molar-refractivity contribution in [3.05, 3.63) is 11.6 Å². The molecule has 0 aromatic rings. The van der Waals surface area contributed by atoms with Crippen molar-refractivity contribution in [2.24, 2.45) is 45.3 Å². The lowest BCUT2D eigenvalue weighted by Gasteiger charge is -2.71. The fourth-order valence-electron chi connectivity index (χ4n) is 16.3. The minimum atomic E-state index is -1.85. The zero-order valence-corrected chi connectivity index (χ0v) is 45.8. The summed E-state index contributed by atoms with van der Waals surface area (Å²) in [5, 5.41) is 162. The molecule has 8 fully saturated rings. The second-order valence-electron chi connectivity index (χ2n) is 25.7. The molecule has 15 N–H and O–H groups in total. The zero-order chi connectivity index (χ0) is 56.6. The summed E-state index contributed by atoms with van der Waals surface area (Å²) in [6.07, 6.45) is -25.8. The van der Waals surface area contributed by atoms with Gasteiger partial charge in [-0.05, 0) is 124 Å². The van der Waals surface area contributed by atoms with Crippen molar-refractivity contribution in [1.82, 2.24) is 0 Å². The van der Waals surface area contributed by atoms with Gasteiger partial charge in [0, 0.05) is 0 Å². The fourth-order valence-corrected chi connectivity index (χ4v) is 16.3. The van der Waals surface area contributed by atoms with Gasteiger partial charge in [0.25, 0.3) is 0 Å². The molecule has 0 amide bonds. The van der Waals surface area contributed by atoms with E-state index >= 15 is 0 Å². The van der Waals surface area contributed by atoms with E-state index in [0.717, 1.165) is 24.8 Å². The van der Waals surface area contributed by atoms with Gasteiger partial charge in [0.2, 0.25) is 0 Å². The van der Waals surface area contributed by atoms with Crippen LogP contribution in [0.5, 0.6) is 0 Å². The van der Waals surface area contributed by atoms with Crippen LogP contribution in [-0.2, 0) is 37.9 Å². The molecule has 10 unspecified atom stereocenters. The topological polar surface area (TPSA) is 377 Å². The van der Waals surface area contributed by atoms with Crippen molar-refractivity contribution >= 4 is 0 Å². The Bertz CT molecular complexity index is 1990. The average Bonchev–Trinajstić information content (AvgIpc) is 4.01. The summed E-state index contributed by atoms with van der Waals surface area (Å²) < 4.78 is 49.7. The third-order valence-corrected chi connectivity index (χ3v) is 20.9. The van der Waals surface area contributed by atoms with Gasteiger partial charge in [-0.2, -0.15) is 0 Å². The lowest BCUT2D eigenvalue weighted by atomic mass is 9.35. The van der Waals surface area contributed by atoms with E-state index < -0.39 is 178 Å². The zero-order valence-electron chi connectivity index (χ0n) is 45.8. The Morgan fingerprint density at radius 3 is 1.47 bits per heavy atom. The van der Waals surface area contributed by atoms with Crippen LogP contribution in [0, 0.1) is 45.3 Å². The van der Waals surface area contributed by atoms with Gasteiger partial charge in [-0.3, -0.25) is 0 Å². The highest BCUT2D eigenvalue weighted by Gasteiger charge is 2.72. The molecule has 4 aliphatic carbocycles. The molecule has 446 valence electrons. The number of ether oxygens (including phenoxy) is 8. The highest BCUT2D eigenvalue weighted by molar-refractivity contribution is 5.21. The molecule has 0 spiro atoms. The predicted molar refractivity (Wildman–Crippen MR) is 266 cm³/mol. The van der Waals surface area contributed by atoms with Gasteiger partial charge in [0.05, 0.1) is 44.2 Å². The molecule has 77 heavy (non-hydrogen) atoms. The van der Waals surface area contributed by atoms with Crippen molar-refractivity contribution in [1.29, 1.82) is 0 Å². The minimum absolute atomic E-state index is 0.0192. The van der Waals surface area contributed by atoms with Crippen molar-refractivity contribution in [3.63, 3.8) is 0 Å². The molecular weight excluding hydrogens is 1020 g/mol. The van der Waals surface area contributed by atoms with Gasteiger partial charge < -0.3 is 114 Å². The van der Waals surface area contributed by atoms with Crippen LogP contribution in [0.4, 0.5) is 0 Å². The Morgan fingerprint density at radius 1 is 0.519 bits per heavy atom. The Kier molecular flexibility index (Phi) is 18.9. The van der Waals surface area contributed by atoms with Gasteiger partial charge in [0.1, 0.15) is 97.7 Å². The smallest absolute Gasteiger partial charge is 0.187 e. The Labute approximate surface area is 450 Å². The number of aliphatic hydroxyl groups excluding tert-OH is 15. The van der Waals surface area contributed by atoms with Crippen molar-refractivity contribution < 1.29 is 114 Å². The van der Waals surface area contributed by atoms with Crippen LogP contribution in [0.25, 0.3) is 0 Å². The first-order valence-electron chi connectivity index (χ1n) is 27.9. The van der Waals surface area contributed by atoms with Crippen LogP contribution < -0.4 is 0 Å². The molecule has 0 aromatic carbocycles. The highest BCUT2D eigenvalue weighted by Crippen LogP contribution is 2.76. The van der Waals surface area contributed by atoms with E-state index in [0.29, 0.717) is 38.5 Å². The first-order chi connectivity index (χ1) is 36.1. The van der Waals surface area contributed by atoms with E-state index in [4.69, 9.17) is 37.9 Å². The molecular formula is C54H92O23. The number of aliphatic hydroxyl groups is 15. The van der Waals surface area contributed by atoms with E-state index in [1.165, 1.54) is 0 Å². The summed E-state index contributed by atoms with van der Waals surface area (Å²) in [4.78, 5) is 0. The molecule has 0 bridgehead atoms. The molecule has 23 nitrogen and oxygen atoms in total. The largest absolute Gasteiger partial charge is 0.394 e. The summed E-state index contributed by atoms with van der Waals surface area (Å²) in [5.41, 5.74) is -1.73. The van der Waals surface area contributed by atoms with Crippen molar-refractivity contribution in [3.8, 4) is 0 Å². The number of rotatable bonds is 16. The molecule has 8 rings (SSSR count). The van der Waals surface area contributed by atoms with Gasteiger partial charge in [0.15, 0.2) is 25.2 Å². The van der Waals surface area contributed by atoms with Gasteiger partial charge in [-0.25, -0.2) is 0 Å². The number of hydrogen-bond donors (Lipinski definition) is 15. The standard InChI is InChI=1S/C54H92O23/c1-23(2)10-9-14-54(8,77-49-45(41(67)37(63)29(22-58)73-49)76-47-43(69)39(65)35(61)27(20-56)71-47)24-11-16-53(7)33(24)25(59)18-31-51(5)15-13-32(50(3,4)30(51)12-17-52(31,53)6)74-48-44(40(66)36(62)28(21-57)72-48)75-46-42(68)38(64)34(60)26(19-55)70-46/h10,24-49,55-69H,9,11-22H2,1-8H3/t24?,25?,26-,27-,28-,29-,30?,31?,32?,33?,34-,35-,36-,37-,38-,39-,40-,41-,42-,43-,44-,45-,46+,47+,48+,49+,51?,52?,53?,54?/m1/s1. The van der Waals surface area contributed by atoms with Crippen molar-refractivity contribution in [2.45, 2.75) is 254 Å². The van der Waals surface area contributed by atoms with Crippen LogP contribution in [0.1, 0.15) is 113 Å². The fraction of sp³-hybridized carbons (Fsp3) is 0.963. The number of fused-ring (bicyclic) bond motifs is 5. The number of hydrogen-bond acceptors (Lipinski definition) is 23. The van der Waals surface area contributed by atoms with Crippen LogP contribution in [-0.4, -0.2) is 244 Å². The van der Waals surface area contributed by atoms with Crippen LogP contribution in [0.3, 0.4) is 0 Å². The van der Waals surface area contributed by atoms with E-state index in [-0.39, 0.29) is 34.5 Å². The Balaban J connectivity index is 1.05. The lowest BCUT2D eigenvalue weighted by molar-refractivity contribution is -0.382. The van der Waals surface area contributed by atoms with E-state index in [9.17, 15) is 76.6 Å². The van der Waals surface area contributed by atoms with E-state index in [1.54, 1.807) is 0 Å². The minimum Gasteiger partial charge on any atom is -0.394 e. The third-order valence-electron chi connectivity index (χ3n) is 20.9. The second-order valence-corrected chi connectivity index (χ2v) is 25.7. The highest BCUT2D eigenvalue weighted by atomic mass is 16.8. The van der Waals surface area contributed by atoms with Crippen LogP contribution in [0.2, 0.25) is 0 Å². The molecule has 8 aliphatic rings. The normalized spacial score (nSPS) is 52.7. The first kappa shape index (κ1) is 61.9. The Morgan fingerprint density at radius 2 is 0.974 bits per heavy atom. The average molecular weight is 1110 g/mol.